The molecular weight excluding hydrogens is 240 g/mol. The van der Waals surface area contributed by atoms with Crippen LogP contribution in [0.25, 0.3) is 0 Å². The zero-order valence-electron chi connectivity index (χ0n) is 7.41. The van der Waals surface area contributed by atoms with Gasteiger partial charge in [-0.25, -0.2) is 0 Å². The maximum atomic E-state index is 5.61. The van der Waals surface area contributed by atoms with E-state index >= 15 is 0 Å². The van der Waals surface area contributed by atoms with Crippen molar-refractivity contribution in [2.75, 3.05) is 0 Å². The molecule has 0 amide bonds. The molecule has 0 aliphatic carbocycles. The van der Waals surface area contributed by atoms with Gasteiger partial charge in [-0.15, -0.1) is 0 Å². The number of hydrogen-bond acceptors (Lipinski definition) is 1. The van der Waals surface area contributed by atoms with Crippen molar-refractivity contribution in [1.82, 2.24) is 0 Å². The van der Waals surface area contributed by atoms with Crippen molar-refractivity contribution in [2.45, 2.75) is 0 Å². The molecular formula is C12H8BrO. The van der Waals surface area contributed by atoms with Gasteiger partial charge in [-0.05, 0) is 34.1 Å². The average Bonchev–Trinajstić information content (AvgIpc) is 2.23. The van der Waals surface area contributed by atoms with E-state index in [2.05, 4.69) is 22.0 Å². The van der Waals surface area contributed by atoms with E-state index in [9.17, 15) is 0 Å². The predicted molar refractivity (Wildman–Crippen MR) is 59.5 cm³/mol. The van der Waals surface area contributed by atoms with Crippen LogP contribution >= 0.6 is 15.9 Å². The van der Waals surface area contributed by atoms with E-state index < -0.39 is 0 Å². The zero-order valence-corrected chi connectivity index (χ0v) is 8.99. The van der Waals surface area contributed by atoms with Crippen LogP contribution in [0.2, 0.25) is 0 Å². The Balaban J connectivity index is 2.24. The van der Waals surface area contributed by atoms with Gasteiger partial charge in [-0.2, -0.15) is 0 Å². The highest BCUT2D eigenvalue weighted by molar-refractivity contribution is 9.10. The number of halogens is 1. The molecule has 0 saturated carbocycles. The summed E-state index contributed by atoms with van der Waals surface area (Å²) in [6.45, 7) is 0. The number of benzene rings is 2. The van der Waals surface area contributed by atoms with Crippen molar-refractivity contribution in [2.24, 2.45) is 0 Å². The minimum absolute atomic E-state index is 0.707. The van der Waals surface area contributed by atoms with Gasteiger partial charge in [0.2, 0.25) is 0 Å². The molecule has 69 valence electrons. The smallest absolute Gasteiger partial charge is 0.149 e. The summed E-state index contributed by atoms with van der Waals surface area (Å²) in [6, 6.07) is 18.3. The van der Waals surface area contributed by atoms with Gasteiger partial charge in [0.1, 0.15) is 11.5 Å². The Morgan fingerprint density at radius 1 is 1.00 bits per heavy atom. The Kier molecular flexibility index (Phi) is 2.84. The van der Waals surface area contributed by atoms with Gasteiger partial charge >= 0.3 is 0 Å². The first-order valence-electron chi connectivity index (χ1n) is 4.25. The molecule has 0 N–H and O–H groups in total. The van der Waals surface area contributed by atoms with Crippen LogP contribution in [0.3, 0.4) is 0 Å². The van der Waals surface area contributed by atoms with Crippen LogP contribution in [0, 0.1) is 6.07 Å². The highest BCUT2D eigenvalue weighted by Gasteiger charge is 2.00. The molecule has 0 fully saturated rings. The monoisotopic (exact) mass is 247 g/mol. The Bertz CT molecular complexity index is 412. The molecule has 1 radical (unpaired) electrons. The van der Waals surface area contributed by atoms with Gasteiger partial charge in [-0.1, -0.05) is 30.3 Å². The van der Waals surface area contributed by atoms with Crippen LogP contribution in [0.5, 0.6) is 11.5 Å². The first-order valence-corrected chi connectivity index (χ1v) is 5.04. The second-order valence-corrected chi connectivity index (χ2v) is 3.62. The number of hydrogen-bond donors (Lipinski definition) is 0. The molecule has 2 rings (SSSR count). The van der Waals surface area contributed by atoms with Crippen LogP contribution in [-0.4, -0.2) is 0 Å². The van der Waals surface area contributed by atoms with E-state index in [-0.39, 0.29) is 0 Å². The summed E-state index contributed by atoms with van der Waals surface area (Å²) < 4.78 is 6.51. The standard InChI is InChI=1S/C12H8BrO/c13-11-8-4-5-9-12(11)14-10-6-2-1-3-7-10/h1-8H. The third-order valence-electron chi connectivity index (χ3n) is 1.73. The summed E-state index contributed by atoms with van der Waals surface area (Å²) in [5.41, 5.74) is 0. The fourth-order valence-corrected chi connectivity index (χ4v) is 1.43. The van der Waals surface area contributed by atoms with Crippen molar-refractivity contribution in [1.29, 1.82) is 0 Å². The van der Waals surface area contributed by atoms with E-state index in [0.717, 1.165) is 10.2 Å². The molecule has 0 bridgehead atoms. The molecule has 1 nitrogen and oxygen atoms in total. The van der Waals surface area contributed by atoms with Gasteiger partial charge in [0.05, 0.1) is 4.47 Å². The van der Waals surface area contributed by atoms with E-state index in [0.29, 0.717) is 5.75 Å². The molecule has 2 aromatic carbocycles. The maximum Gasteiger partial charge on any atom is 0.149 e. The summed E-state index contributed by atoms with van der Waals surface area (Å²) in [5.74, 6) is 1.52. The second-order valence-electron chi connectivity index (χ2n) is 2.76. The van der Waals surface area contributed by atoms with E-state index in [1.807, 2.05) is 48.5 Å². The first kappa shape index (κ1) is 9.28. The Morgan fingerprint density at radius 2 is 1.79 bits per heavy atom. The summed E-state index contributed by atoms with van der Waals surface area (Å²) in [7, 11) is 0. The van der Waals surface area contributed by atoms with Gasteiger partial charge in [0.15, 0.2) is 0 Å². The lowest BCUT2D eigenvalue weighted by atomic mass is 10.3. The molecule has 0 aliphatic rings. The third-order valence-corrected chi connectivity index (χ3v) is 2.36. The molecule has 2 aromatic rings. The molecule has 14 heavy (non-hydrogen) atoms. The molecule has 0 aliphatic heterocycles. The van der Waals surface area contributed by atoms with E-state index in [1.54, 1.807) is 0 Å². The highest BCUT2D eigenvalue weighted by Crippen LogP contribution is 2.28. The molecule has 0 atom stereocenters. The Labute approximate surface area is 91.5 Å². The van der Waals surface area contributed by atoms with Crippen molar-refractivity contribution in [3.05, 3.63) is 59.1 Å². The lowest BCUT2D eigenvalue weighted by Gasteiger charge is -2.05. The minimum Gasteiger partial charge on any atom is -0.456 e. The largest absolute Gasteiger partial charge is 0.456 e. The van der Waals surface area contributed by atoms with Crippen molar-refractivity contribution < 1.29 is 4.74 Å². The van der Waals surface area contributed by atoms with E-state index in [1.165, 1.54) is 0 Å². The molecule has 2 heteroatoms. The minimum atomic E-state index is 0.707. The van der Waals surface area contributed by atoms with Gasteiger partial charge in [0.25, 0.3) is 0 Å². The third kappa shape index (κ3) is 2.15. The SMILES string of the molecule is Brc1ccc[c]c1Oc1ccccc1. The van der Waals surface area contributed by atoms with E-state index in [4.69, 9.17) is 4.74 Å². The summed E-state index contributed by atoms with van der Waals surface area (Å²) >= 11 is 3.40. The predicted octanol–water partition coefficient (Wildman–Crippen LogP) is 4.04. The Morgan fingerprint density at radius 3 is 2.50 bits per heavy atom. The van der Waals surface area contributed by atoms with Crippen molar-refractivity contribution >= 4 is 15.9 Å². The maximum absolute atomic E-state index is 5.61. The quantitative estimate of drug-likeness (QED) is 0.779. The van der Waals surface area contributed by atoms with Gasteiger partial charge in [-0.3, -0.25) is 0 Å². The summed E-state index contributed by atoms with van der Waals surface area (Å²) in [5, 5.41) is 0. The summed E-state index contributed by atoms with van der Waals surface area (Å²) in [6.07, 6.45) is 0. The van der Waals surface area contributed by atoms with Crippen LogP contribution in [-0.2, 0) is 0 Å². The molecule has 0 unspecified atom stereocenters. The number of para-hydroxylation sites is 2. The molecule has 0 aromatic heterocycles. The fourth-order valence-electron chi connectivity index (χ4n) is 1.09. The van der Waals surface area contributed by atoms with Gasteiger partial charge < -0.3 is 4.74 Å². The molecule has 0 spiro atoms. The Hall–Kier alpha value is -1.28. The number of rotatable bonds is 2. The fraction of sp³-hybridized carbons (Fsp3) is 0. The normalized spacial score (nSPS) is 9.79. The highest BCUT2D eigenvalue weighted by atomic mass is 79.9. The molecule has 0 heterocycles. The van der Waals surface area contributed by atoms with Crippen LogP contribution in [0.1, 0.15) is 0 Å². The number of ether oxygens (including phenoxy) is 1. The van der Waals surface area contributed by atoms with Crippen molar-refractivity contribution in [3.8, 4) is 11.5 Å². The molecule has 0 saturated heterocycles. The van der Waals surface area contributed by atoms with Gasteiger partial charge in [0, 0.05) is 6.07 Å². The average molecular weight is 248 g/mol. The summed E-state index contributed by atoms with van der Waals surface area (Å²) in [4.78, 5) is 0. The first-order chi connectivity index (χ1) is 6.86. The lowest BCUT2D eigenvalue weighted by Crippen LogP contribution is -1.84. The topological polar surface area (TPSA) is 9.23 Å². The van der Waals surface area contributed by atoms with Crippen LogP contribution in [0.4, 0.5) is 0 Å². The second kappa shape index (κ2) is 4.29. The zero-order chi connectivity index (χ0) is 9.80. The lowest BCUT2D eigenvalue weighted by molar-refractivity contribution is 0.478. The van der Waals surface area contributed by atoms with Crippen molar-refractivity contribution in [3.63, 3.8) is 0 Å². The van der Waals surface area contributed by atoms with Crippen LogP contribution < -0.4 is 4.74 Å². The van der Waals surface area contributed by atoms with Crippen LogP contribution in [0.15, 0.2) is 53.0 Å².